The molecule has 6 heteroatoms. The van der Waals surface area contributed by atoms with Gasteiger partial charge in [0.25, 0.3) is 0 Å². The molecule has 3 aromatic rings. The van der Waals surface area contributed by atoms with E-state index in [0.29, 0.717) is 13.1 Å². The lowest BCUT2D eigenvalue weighted by Gasteiger charge is -2.32. The van der Waals surface area contributed by atoms with Crippen molar-refractivity contribution < 1.29 is 4.79 Å². The van der Waals surface area contributed by atoms with Crippen molar-refractivity contribution in [2.75, 3.05) is 13.1 Å². The first-order chi connectivity index (χ1) is 12.3. The van der Waals surface area contributed by atoms with Gasteiger partial charge in [0.05, 0.1) is 0 Å². The summed E-state index contributed by atoms with van der Waals surface area (Å²) in [5, 5.41) is 11.6. The van der Waals surface area contributed by atoms with E-state index in [4.69, 9.17) is 0 Å². The molecule has 1 N–H and O–H groups in total. The molecule has 0 aliphatic carbocycles. The van der Waals surface area contributed by atoms with Crippen LogP contribution in [0.3, 0.4) is 0 Å². The largest absolute Gasteiger partial charge is 0.334 e. The summed E-state index contributed by atoms with van der Waals surface area (Å²) >= 11 is 0. The quantitative estimate of drug-likeness (QED) is 0.800. The maximum absolute atomic E-state index is 12.5. The highest BCUT2D eigenvalue weighted by Gasteiger charge is 2.27. The number of piperidine rings is 1. The maximum atomic E-state index is 12.5. The smallest absolute Gasteiger partial charge is 0.317 e. The van der Waals surface area contributed by atoms with Crippen molar-refractivity contribution in [3.8, 4) is 0 Å². The summed E-state index contributed by atoms with van der Waals surface area (Å²) in [6.45, 7) is 2.01. The molecule has 1 saturated heterocycles. The van der Waals surface area contributed by atoms with Gasteiger partial charge in [0.2, 0.25) is 0 Å². The Bertz CT molecular complexity index is 860. The lowest BCUT2D eigenvalue weighted by atomic mass is 9.97. The zero-order valence-corrected chi connectivity index (χ0v) is 14.0. The summed E-state index contributed by atoms with van der Waals surface area (Å²) in [6, 6.07) is 15.8. The second kappa shape index (κ2) is 6.93. The van der Waals surface area contributed by atoms with Gasteiger partial charge < -0.3 is 10.2 Å². The second-order valence-electron chi connectivity index (χ2n) is 6.42. The summed E-state index contributed by atoms with van der Waals surface area (Å²) in [4.78, 5) is 14.4. The van der Waals surface area contributed by atoms with E-state index in [2.05, 4.69) is 15.5 Å². The summed E-state index contributed by atoms with van der Waals surface area (Å²) in [5.41, 5.74) is 1.95. The van der Waals surface area contributed by atoms with E-state index in [1.165, 1.54) is 0 Å². The fourth-order valence-electron chi connectivity index (χ4n) is 3.40. The van der Waals surface area contributed by atoms with E-state index in [1.54, 1.807) is 0 Å². The minimum atomic E-state index is -0.0117. The van der Waals surface area contributed by atoms with Crippen molar-refractivity contribution in [3.05, 3.63) is 66.1 Å². The van der Waals surface area contributed by atoms with E-state index in [0.717, 1.165) is 36.4 Å². The molecule has 1 aromatic carbocycles. The van der Waals surface area contributed by atoms with Crippen molar-refractivity contribution in [2.24, 2.45) is 0 Å². The summed E-state index contributed by atoms with van der Waals surface area (Å²) in [5.74, 6) is 1.16. The molecule has 2 amide bonds. The third-order valence-corrected chi connectivity index (χ3v) is 4.70. The van der Waals surface area contributed by atoms with Crippen LogP contribution in [0.1, 0.15) is 30.1 Å². The van der Waals surface area contributed by atoms with Crippen molar-refractivity contribution in [1.29, 1.82) is 0 Å². The molecule has 1 atom stereocenters. The third-order valence-electron chi connectivity index (χ3n) is 4.70. The molecule has 0 radical (unpaired) electrons. The van der Waals surface area contributed by atoms with Gasteiger partial charge in [-0.1, -0.05) is 36.4 Å². The van der Waals surface area contributed by atoms with E-state index < -0.39 is 0 Å². The number of fused-ring (bicyclic) bond motifs is 1. The van der Waals surface area contributed by atoms with Gasteiger partial charge in [-0.3, -0.25) is 4.40 Å². The predicted molar refractivity (Wildman–Crippen MR) is 95.2 cm³/mol. The molecule has 0 saturated carbocycles. The van der Waals surface area contributed by atoms with Crippen molar-refractivity contribution >= 4 is 11.7 Å². The highest BCUT2D eigenvalue weighted by molar-refractivity contribution is 5.74. The van der Waals surface area contributed by atoms with Gasteiger partial charge >= 0.3 is 6.03 Å². The number of carbonyl (C=O) groups excluding carboxylic acids is 1. The fraction of sp³-hybridized carbons (Fsp3) is 0.316. The first-order valence-corrected chi connectivity index (χ1v) is 8.67. The SMILES string of the molecule is O=C(NCc1ccccc1)N1CCCC(c2nnc3ccccn23)C1. The first kappa shape index (κ1) is 15.6. The Kier molecular flexibility index (Phi) is 4.33. The summed E-state index contributed by atoms with van der Waals surface area (Å²) in [6.07, 6.45) is 3.99. The van der Waals surface area contributed by atoms with Crippen LogP contribution in [0.15, 0.2) is 54.7 Å². The maximum Gasteiger partial charge on any atom is 0.317 e. The molecule has 1 aliphatic rings. The van der Waals surface area contributed by atoms with E-state index in [1.807, 2.05) is 64.0 Å². The molecule has 1 aliphatic heterocycles. The Hall–Kier alpha value is -2.89. The summed E-state index contributed by atoms with van der Waals surface area (Å²) < 4.78 is 2.02. The van der Waals surface area contributed by atoms with Crippen LogP contribution in [-0.2, 0) is 6.54 Å². The van der Waals surface area contributed by atoms with Gasteiger partial charge in [-0.2, -0.15) is 0 Å². The average Bonchev–Trinajstić information content (AvgIpc) is 3.11. The van der Waals surface area contributed by atoms with Crippen LogP contribution < -0.4 is 5.32 Å². The molecule has 4 rings (SSSR count). The zero-order chi connectivity index (χ0) is 17.1. The van der Waals surface area contributed by atoms with Crippen molar-refractivity contribution in [1.82, 2.24) is 24.8 Å². The lowest BCUT2D eigenvalue weighted by Crippen LogP contribution is -2.45. The minimum absolute atomic E-state index is 0.0117. The van der Waals surface area contributed by atoms with Gasteiger partial charge in [0.15, 0.2) is 5.65 Å². The number of hydrogen-bond donors (Lipinski definition) is 1. The molecule has 25 heavy (non-hydrogen) atoms. The van der Waals surface area contributed by atoms with Gasteiger partial charge in [0.1, 0.15) is 5.82 Å². The number of urea groups is 1. The van der Waals surface area contributed by atoms with Crippen molar-refractivity contribution in [3.63, 3.8) is 0 Å². The number of carbonyl (C=O) groups is 1. The third kappa shape index (κ3) is 3.33. The predicted octanol–water partition coefficient (Wildman–Crippen LogP) is 2.82. The molecule has 6 nitrogen and oxygen atoms in total. The van der Waals surface area contributed by atoms with Gasteiger partial charge in [0, 0.05) is 31.7 Å². The van der Waals surface area contributed by atoms with Crippen LogP contribution in [0.4, 0.5) is 4.79 Å². The van der Waals surface area contributed by atoms with Crippen LogP contribution in [0.25, 0.3) is 5.65 Å². The van der Waals surface area contributed by atoms with Gasteiger partial charge in [-0.15, -0.1) is 10.2 Å². The molecule has 0 bridgehead atoms. The molecule has 1 fully saturated rings. The Morgan fingerprint density at radius 1 is 1.12 bits per heavy atom. The summed E-state index contributed by atoms with van der Waals surface area (Å²) in [7, 11) is 0. The van der Waals surface area contributed by atoms with Gasteiger partial charge in [-0.25, -0.2) is 4.79 Å². The van der Waals surface area contributed by atoms with Crippen LogP contribution in [0.5, 0.6) is 0 Å². The monoisotopic (exact) mass is 335 g/mol. The number of rotatable bonds is 3. The van der Waals surface area contributed by atoms with E-state index in [9.17, 15) is 4.79 Å². The number of nitrogens with one attached hydrogen (secondary N) is 1. The topological polar surface area (TPSA) is 62.5 Å². The highest BCUT2D eigenvalue weighted by atomic mass is 16.2. The molecule has 128 valence electrons. The Morgan fingerprint density at radius 3 is 2.84 bits per heavy atom. The van der Waals surface area contributed by atoms with Crippen LogP contribution in [0.2, 0.25) is 0 Å². The average molecular weight is 335 g/mol. The molecular weight excluding hydrogens is 314 g/mol. The Morgan fingerprint density at radius 2 is 1.96 bits per heavy atom. The molecule has 2 aromatic heterocycles. The number of amides is 2. The number of hydrogen-bond acceptors (Lipinski definition) is 3. The Labute approximate surface area is 146 Å². The minimum Gasteiger partial charge on any atom is -0.334 e. The first-order valence-electron chi connectivity index (χ1n) is 8.67. The normalized spacial score (nSPS) is 17.6. The second-order valence-corrected chi connectivity index (χ2v) is 6.42. The highest BCUT2D eigenvalue weighted by Crippen LogP contribution is 2.26. The van der Waals surface area contributed by atoms with E-state index >= 15 is 0 Å². The van der Waals surface area contributed by atoms with Gasteiger partial charge in [-0.05, 0) is 30.5 Å². The number of pyridine rings is 1. The van der Waals surface area contributed by atoms with E-state index in [-0.39, 0.29) is 11.9 Å². The number of likely N-dealkylation sites (tertiary alicyclic amines) is 1. The molecule has 1 unspecified atom stereocenters. The van der Waals surface area contributed by atoms with Crippen molar-refractivity contribution in [2.45, 2.75) is 25.3 Å². The molecule has 3 heterocycles. The van der Waals surface area contributed by atoms with Crippen LogP contribution in [-0.4, -0.2) is 38.6 Å². The lowest BCUT2D eigenvalue weighted by molar-refractivity contribution is 0.177. The fourth-order valence-corrected chi connectivity index (χ4v) is 3.40. The standard InChI is InChI=1S/C19H21N5O/c25-19(20-13-15-7-2-1-3-8-15)23-11-6-9-16(14-23)18-22-21-17-10-4-5-12-24(17)18/h1-5,7-8,10,12,16H,6,9,11,13-14H2,(H,20,25). The Balaban J connectivity index is 1.43. The van der Waals surface area contributed by atoms with Crippen LogP contribution in [0, 0.1) is 0 Å². The molecule has 0 spiro atoms. The number of aromatic nitrogens is 3. The number of benzene rings is 1. The zero-order valence-electron chi connectivity index (χ0n) is 14.0. The van der Waals surface area contributed by atoms with Crippen LogP contribution >= 0.6 is 0 Å². The number of nitrogens with zero attached hydrogens (tertiary/aromatic N) is 4. The molecular formula is C19H21N5O.